The number of rotatable bonds is 5. The molecule has 0 amide bonds. The minimum Gasteiger partial charge on any atom is -0.103 e. The first-order chi connectivity index (χ1) is 8.29. The van der Waals surface area contributed by atoms with E-state index in [1.807, 2.05) is 6.08 Å². The van der Waals surface area contributed by atoms with Gasteiger partial charge in [0.1, 0.15) is 0 Å². The zero-order chi connectivity index (χ0) is 14.0. The molecular weight excluding hydrogens is 216 g/mol. The Bertz CT molecular complexity index is 341. The first kappa shape index (κ1) is 15.3. The highest BCUT2D eigenvalue weighted by Crippen LogP contribution is 2.58. The molecule has 0 nitrogen and oxygen atoms in total. The predicted molar refractivity (Wildman–Crippen MR) is 82.5 cm³/mol. The van der Waals surface area contributed by atoms with Gasteiger partial charge < -0.3 is 0 Å². The molecule has 0 saturated heterocycles. The number of hydrogen-bond donors (Lipinski definition) is 0. The van der Waals surface area contributed by atoms with E-state index in [0.717, 1.165) is 12.3 Å². The van der Waals surface area contributed by atoms with Gasteiger partial charge in [-0.15, -0.1) is 13.2 Å². The highest BCUT2D eigenvalue weighted by Gasteiger charge is 2.47. The van der Waals surface area contributed by atoms with Crippen LogP contribution in [0.4, 0.5) is 0 Å². The Kier molecular flexibility index (Phi) is 4.64. The van der Waals surface area contributed by atoms with E-state index in [1.165, 1.54) is 12.8 Å². The van der Waals surface area contributed by atoms with Crippen LogP contribution in [0.25, 0.3) is 0 Å². The Balaban J connectivity index is 3.14. The monoisotopic (exact) mass is 246 g/mol. The summed E-state index contributed by atoms with van der Waals surface area (Å²) >= 11 is 0. The molecule has 0 aromatic rings. The second-order valence-corrected chi connectivity index (χ2v) is 6.92. The second-order valence-electron chi connectivity index (χ2n) is 6.92. The SMILES string of the molecule is C=CCC(C=C)/C=C1/C(C)(C)CC(CC)C1(C)C. The second kappa shape index (κ2) is 5.47. The molecule has 18 heavy (non-hydrogen) atoms. The molecule has 1 rings (SSSR count). The molecule has 0 aromatic carbocycles. The van der Waals surface area contributed by atoms with E-state index in [2.05, 4.69) is 59.9 Å². The lowest BCUT2D eigenvalue weighted by Gasteiger charge is -2.31. The van der Waals surface area contributed by atoms with Gasteiger partial charge in [0.15, 0.2) is 0 Å². The maximum Gasteiger partial charge on any atom is -0.00187 e. The van der Waals surface area contributed by atoms with Gasteiger partial charge in [0.25, 0.3) is 0 Å². The van der Waals surface area contributed by atoms with Gasteiger partial charge in [-0.3, -0.25) is 0 Å². The average molecular weight is 246 g/mol. The van der Waals surface area contributed by atoms with E-state index >= 15 is 0 Å². The third-order valence-electron chi connectivity index (χ3n) is 4.82. The van der Waals surface area contributed by atoms with Gasteiger partial charge in [0.05, 0.1) is 0 Å². The van der Waals surface area contributed by atoms with Crippen molar-refractivity contribution in [2.45, 2.75) is 53.9 Å². The van der Waals surface area contributed by atoms with Crippen LogP contribution in [-0.2, 0) is 0 Å². The van der Waals surface area contributed by atoms with Gasteiger partial charge in [0, 0.05) is 0 Å². The zero-order valence-corrected chi connectivity index (χ0v) is 12.9. The first-order valence-electron chi connectivity index (χ1n) is 7.25. The van der Waals surface area contributed by atoms with E-state index in [4.69, 9.17) is 0 Å². The van der Waals surface area contributed by atoms with Gasteiger partial charge >= 0.3 is 0 Å². The predicted octanol–water partition coefficient (Wildman–Crippen LogP) is 5.77. The van der Waals surface area contributed by atoms with Crippen molar-refractivity contribution in [1.29, 1.82) is 0 Å². The molecule has 2 unspecified atom stereocenters. The normalized spacial score (nSPS) is 29.2. The van der Waals surface area contributed by atoms with E-state index in [0.29, 0.717) is 16.7 Å². The molecule has 0 aromatic heterocycles. The van der Waals surface area contributed by atoms with Crippen LogP contribution in [0.5, 0.6) is 0 Å². The number of hydrogen-bond acceptors (Lipinski definition) is 0. The fourth-order valence-electron chi connectivity index (χ4n) is 3.81. The van der Waals surface area contributed by atoms with Crippen molar-refractivity contribution in [3.63, 3.8) is 0 Å². The summed E-state index contributed by atoms with van der Waals surface area (Å²) in [6, 6.07) is 0. The van der Waals surface area contributed by atoms with E-state index in [-0.39, 0.29) is 0 Å². The molecule has 0 heteroatoms. The molecular formula is C18H30. The lowest BCUT2D eigenvalue weighted by Crippen LogP contribution is -2.21. The van der Waals surface area contributed by atoms with Crippen LogP contribution >= 0.6 is 0 Å². The van der Waals surface area contributed by atoms with Gasteiger partial charge in [0.2, 0.25) is 0 Å². The van der Waals surface area contributed by atoms with Crippen molar-refractivity contribution in [2.75, 3.05) is 0 Å². The highest BCUT2D eigenvalue weighted by atomic mass is 14.5. The third kappa shape index (κ3) is 2.79. The molecule has 1 fully saturated rings. The molecule has 1 aliphatic carbocycles. The van der Waals surface area contributed by atoms with Crippen LogP contribution in [0.15, 0.2) is 37.0 Å². The number of allylic oxidation sites excluding steroid dienone is 4. The fourth-order valence-corrected chi connectivity index (χ4v) is 3.81. The van der Waals surface area contributed by atoms with Gasteiger partial charge in [-0.1, -0.05) is 64.8 Å². The Morgan fingerprint density at radius 2 is 1.89 bits per heavy atom. The van der Waals surface area contributed by atoms with Crippen molar-refractivity contribution in [1.82, 2.24) is 0 Å². The standard InChI is InChI=1S/C18H30/c1-8-11-14(9-2)12-16-17(4,5)13-15(10-3)18(16,6)7/h8-9,12,14-15H,1-2,10-11,13H2,3-7H3/b16-12-. The lowest BCUT2D eigenvalue weighted by molar-refractivity contribution is 0.291. The van der Waals surface area contributed by atoms with Crippen molar-refractivity contribution in [3.05, 3.63) is 37.0 Å². The summed E-state index contributed by atoms with van der Waals surface area (Å²) in [5, 5.41) is 0. The average Bonchev–Trinajstić information content (AvgIpc) is 2.46. The topological polar surface area (TPSA) is 0 Å². The van der Waals surface area contributed by atoms with Crippen LogP contribution in [0.2, 0.25) is 0 Å². The molecule has 1 saturated carbocycles. The summed E-state index contributed by atoms with van der Waals surface area (Å²) in [6.45, 7) is 19.7. The van der Waals surface area contributed by atoms with Crippen molar-refractivity contribution >= 4 is 0 Å². The fraction of sp³-hybridized carbons (Fsp3) is 0.667. The lowest BCUT2D eigenvalue weighted by atomic mass is 9.74. The molecule has 0 aliphatic heterocycles. The Labute approximate surface area is 114 Å². The molecule has 102 valence electrons. The van der Waals surface area contributed by atoms with Crippen molar-refractivity contribution < 1.29 is 0 Å². The first-order valence-corrected chi connectivity index (χ1v) is 7.25. The highest BCUT2D eigenvalue weighted by molar-refractivity contribution is 5.29. The quantitative estimate of drug-likeness (QED) is 0.540. The minimum atomic E-state index is 0.320. The molecule has 0 heterocycles. The minimum absolute atomic E-state index is 0.320. The van der Waals surface area contributed by atoms with Gasteiger partial charge in [-0.05, 0) is 35.5 Å². The molecule has 0 bridgehead atoms. The molecule has 1 aliphatic rings. The summed E-state index contributed by atoms with van der Waals surface area (Å²) in [5.74, 6) is 1.24. The van der Waals surface area contributed by atoms with Gasteiger partial charge in [-0.2, -0.15) is 0 Å². The molecule has 0 spiro atoms. The van der Waals surface area contributed by atoms with Crippen LogP contribution < -0.4 is 0 Å². The maximum atomic E-state index is 3.96. The van der Waals surface area contributed by atoms with Gasteiger partial charge in [-0.25, -0.2) is 0 Å². The summed E-state index contributed by atoms with van der Waals surface area (Å²) in [5.41, 5.74) is 2.27. The van der Waals surface area contributed by atoms with Crippen LogP contribution in [0, 0.1) is 22.7 Å². The molecule has 0 radical (unpaired) electrons. The van der Waals surface area contributed by atoms with E-state index < -0.39 is 0 Å². The summed E-state index contributed by atoms with van der Waals surface area (Å²) < 4.78 is 0. The van der Waals surface area contributed by atoms with E-state index in [9.17, 15) is 0 Å². The summed E-state index contributed by atoms with van der Waals surface area (Å²) in [4.78, 5) is 0. The Morgan fingerprint density at radius 1 is 1.28 bits per heavy atom. The maximum absolute atomic E-state index is 3.96. The summed E-state index contributed by atoms with van der Waals surface area (Å²) in [6.07, 6.45) is 10.1. The molecule has 2 atom stereocenters. The summed E-state index contributed by atoms with van der Waals surface area (Å²) in [7, 11) is 0. The van der Waals surface area contributed by atoms with Crippen LogP contribution in [0.3, 0.4) is 0 Å². The Morgan fingerprint density at radius 3 is 2.28 bits per heavy atom. The third-order valence-corrected chi connectivity index (χ3v) is 4.82. The Hall–Kier alpha value is -0.780. The van der Waals surface area contributed by atoms with Crippen molar-refractivity contribution in [2.24, 2.45) is 22.7 Å². The molecule has 0 N–H and O–H groups in total. The van der Waals surface area contributed by atoms with Crippen molar-refractivity contribution in [3.8, 4) is 0 Å². The largest absolute Gasteiger partial charge is 0.103 e. The van der Waals surface area contributed by atoms with E-state index in [1.54, 1.807) is 5.57 Å². The smallest absolute Gasteiger partial charge is 0.00187 e. The van der Waals surface area contributed by atoms with Crippen LogP contribution in [0.1, 0.15) is 53.9 Å². The zero-order valence-electron chi connectivity index (χ0n) is 12.9. The van der Waals surface area contributed by atoms with Crippen LogP contribution in [-0.4, -0.2) is 0 Å².